The van der Waals surface area contributed by atoms with Crippen LogP contribution in [0.5, 0.6) is 0 Å². The molecule has 0 aliphatic heterocycles. The first-order valence-electron chi connectivity index (χ1n) is 11.4. The summed E-state index contributed by atoms with van der Waals surface area (Å²) in [6.45, 7) is 1.63. The summed E-state index contributed by atoms with van der Waals surface area (Å²) in [6, 6.07) is 4.34. The average molecular weight is 505 g/mol. The van der Waals surface area contributed by atoms with Gasteiger partial charge in [-0.15, -0.1) is 0 Å². The highest BCUT2D eigenvalue weighted by Crippen LogP contribution is 2.25. The van der Waals surface area contributed by atoms with E-state index in [1.54, 1.807) is 0 Å². The Bertz CT molecular complexity index is 730. The van der Waals surface area contributed by atoms with Crippen molar-refractivity contribution >= 4 is 40.8 Å². The molecular formula is C23H34Cl2N2O6. The van der Waals surface area contributed by atoms with E-state index in [1.807, 2.05) is 0 Å². The number of unbranched alkanes of at least 4 members (excludes halogenated alkanes) is 8. The topological polar surface area (TPSA) is 119 Å². The molecule has 0 aliphatic carbocycles. The number of hydrogen-bond acceptors (Lipinski definition) is 6. The highest BCUT2D eigenvalue weighted by atomic mass is 35.5. The molecule has 0 saturated carbocycles. The number of ether oxygens (including phenoxy) is 1. The van der Waals surface area contributed by atoms with Crippen molar-refractivity contribution < 1.29 is 24.4 Å². The van der Waals surface area contributed by atoms with E-state index >= 15 is 0 Å². The van der Waals surface area contributed by atoms with Gasteiger partial charge < -0.3 is 15.2 Å². The normalized spacial score (nSPS) is 12.9. The third kappa shape index (κ3) is 11.7. The summed E-state index contributed by atoms with van der Waals surface area (Å²) in [5, 5.41) is 23.2. The molecule has 0 bridgehead atoms. The van der Waals surface area contributed by atoms with E-state index in [0.29, 0.717) is 12.0 Å². The highest BCUT2D eigenvalue weighted by molar-refractivity contribution is 6.53. The SMILES string of the molecule is CCCCCCCCCCCC(=O)OC(c1ccc([N+](=O)[O-])cc1)C(CO)NC(=O)C(Cl)Cl. The maximum atomic E-state index is 12.5. The molecule has 1 aromatic rings. The molecule has 2 unspecified atom stereocenters. The molecule has 1 rings (SSSR count). The lowest BCUT2D eigenvalue weighted by Crippen LogP contribution is -2.45. The molecule has 186 valence electrons. The zero-order valence-corrected chi connectivity index (χ0v) is 20.5. The second-order valence-electron chi connectivity index (χ2n) is 7.94. The largest absolute Gasteiger partial charge is 0.455 e. The first-order chi connectivity index (χ1) is 15.8. The van der Waals surface area contributed by atoms with E-state index in [1.165, 1.54) is 56.4 Å². The molecule has 0 saturated heterocycles. The number of amides is 1. The molecule has 0 fully saturated rings. The van der Waals surface area contributed by atoms with Crippen molar-refractivity contribution in [3.05, 3.63) is 39.9 Å². The molecule has 0 heterocycles. The first-order valence-corrected chi connectivity index (χ1v) is 12.3. The zero-order chi connectivity index (χ0) is 24.6. The molecule has 8 nitrogen and oxygen atoms in total. The van der Waals surface area contributed by atoms with Gasteiger partial charge in [-0.05, 0) is 24.1 Å². The minimum absolute atomic E-state index is 0.135. The van der Waals surface area contributed by atoms with Crippen LogP contribution in [0.1, 0.15) is 82.8 Å². The lowest BCUT2D eigenvalue weighted by Gasteiger charge is -2.27. The number of alkyl halides is 2. The molecule has 2 atom stereocenters. The van der Waals surface area contributed by atoms with Crippen LogP contribution >= 0.6 is 23.2 Å². The van der Waals surface area contributed by atoms with Gasteiger partial charge in [-0.2, -0.15) is 0 Å². The van der Waals surface area contributed by atoms with Crippen LogP contribution in [0, 0.1) is 10.1 Å². The van der Waals surface area contributed by atoms with Gasteiger partial charge in [0.1, 0.15) is 6.10 Å². The molecule has 0 aliphatic rings. The van der Waals surface area contributed by atoms with Gasteiger partial charge in [-0.1, -0.05) is 81.5 Å². The summed E-state index contributed by atoms with van der Waals surface area (Å²) in [5.74, 6) is -1.23. The fraction of sp³-hybridized carbons (Fsp3) is 0.652. The number of hydrogen-bond donors (Lipinski definition) is 2. The van der Waals surface area contributed by atoms with Gasteiger partial charge in [0.25, 0.3) is 11.6 Å². The summed E-state index contributed by atoms with van der Waals surface area (Å²) >= 11 is 11.2. The second kappa shape index (κ2) is 16.7. The van der Waals surface area contributed by atoms with Gasteiger partial charge in [-0.3, -0.25) is 19.7 Å². The Hall–Kier alpha value is -1.90. The van der Waals surface area contributed by atoms with E-state index in [0.717, 1.165) is 19.3 Å². The van der Waals surface area contributed by atoms with E-state index in [4.69, 9.17) is 27.9 Å². The Morgan fingerprint density at radius 1 is 1.03 bits per heavy atom. The quantitative estimate of drug-likeness (QED) is 0.0965. The first kappa shape index (κ1) is 29.1. The fourth-order valence-electron chi connectivity index (χ4n) is 3.41. The number of halogens is 2. The summed E-state index contributed by atoms with van der Waals surface area (Å²) in [4.78, 5) is 33.4. The second-order valence-corrected chi connectivity index (χ2v) is 9.03. The van der Waals surface area contributed by atoms with Crippen molar-refractivity contribution in [2.75, 3.05) is 6.61 Å². The van der Waals surface area contributed by atoms with Gasteiger partial charge in [0.15, 0.2) is 4.84 Å². The summed E-state index contributed by atoms with van der Waals surface area (Å²) in [6.07, 6.45) is 9.11. The van der Waals surface area contributed by atoms with Crippen molar-refractivity contribution in [3.8, 4) is 0 Å². The smallest absolute Gasteiger partial charge is 0.306 e. The number of esters is 1. The standard InChI is InChI=1S/C23H34Cl2N2O6/c1-2-3-4-5-6-7-8-9-10-11-20(29)33-21(19(16-28)26-23(30)22(24)25)17-12-14-18(15-13-17)27(31)32/h12-15,19,21-22,28H,2-11,16H2,1H3,(H,26,30). The van der Waals surface area contributed by atoms with Gasteiger partial charge in [0, 0.05) is 18.6 Å². The maximum Gasteiger partial charge on any atom is 0.306 e. The number of nitrogens with zero attached hydrogens (tertiary/aromatic N) is 1. The predicted octanol–water partition coefficient (Wildman–Crippen LogP) is 5.38. The average Bonchev–Trinajstić information content (AvgIpc) is 2.80. The Kier molecular flexibility index (Phi) is 14.7. The molecular weight excluding hydrogens is 471 g/mol. The van der Waals surface area contributed by atoms with Crippen molar-refractivity contribution in [2.24, 2.45) is 0 Å². The Labute approximate surface area is 205 Å². The molecule has 1 aromatic carbocycles. The zero-order valence-electron chi connectivity index (χ0n) is 19.0. The number of nitro benzene ring substituents is 1. The van der Waals surface area contributed by atoms with Crippen LogP contribution in [0.15, 0.2) is 24.3 Å². The molecule has 1 amide bonds. The lowest BCUT2D eigenvalue weighted by atomic mass is 10.0. The molecule has 0 radical (unpaired) electrons. The molecule has 2 N–H and O–H groups in total. The van der Waals surface area contributed by atoms with Gasteiger partial charge in [0.05, 0.1) is 17.6 Å². The number of nitro groups is 1. The van der Waals surface area contributed by atoms with Crippen LogP contribution in [-0.4, -0.2) is 39.4 Å². The van der Waals surface area contributed by atoms with Crippen LogP contribution in [0.3, 0.4) is 0 Å². The van der Waals surface area contributed by atoms with Gasteiger partial charge >= 0.3 is 5.97 Å². The summed E-state index contributed by atoms with van der Waals surface area (Å²) in [7, 11) is 0. The van der Waals surface area contributed by atoms with Gasteiger partial charge in [0.2, 0.25) is 0 Å². The number of aliphatic hydroxyl groups is 1. The van der Waals surface area contributed by atoms with Crippen molar-refractivity contribution in [2.45, 2.75) is 88.1 Å². The third-order valence-corrected chi connectivity index (χ3v) is 5.66. The number of carbonyl (C=O) groups is 2. The fourth-order valence-corrected chi connectivity index (χ4v) is 3.54. The van der Waals surface area contributed by atoms with E-state index < -0.39 is 40.4 Å². The van der Waals surface area contributed by atoms with Crippen molar-refractivity contribution in [1.29, 1.82) is 0 Å². The highest BCUT2D eigenvalue weighted by Gasteiger charge is 2.29. The third-order valence-electron chi connectivity index (χ3n) is 5.26. The summed E-state index contributed by atoms with van der Waals surface area (Å²) in [5.41, 5.74) is 0.255. The van der Waals surface area contributed by atoms with E-state index in [9.17, 15) is 24.8 Å². The van der Waals surface area contributed by atoms with E-state index in [2.05, 4.69) is 12.2 Å². The molecule has 10 heteroatoms. The number of benzene rings is 1. The Morgan fingerprint density at radius 2 is 1.58 bits per heavy atom. The number of rotatable bonds is 17. The number of aliphatic hydroxyl groups excluding tert-OH is 1. The van der Waals surface area contributed by atoms with Crippen molar-refractivity contribution in [1.82, 2.24) is 5.32 Å². The predicted molar refractivity (Wildman–Crippen MR) is 128 cm³/mol. The van der Waals surface area contributed by atoms with Crippen LogP contribution < -0.4 is 5.32 Å². The number of nitrogens with one attached hydrogen (secondary N) is 1. The van der Waals surface area contributed by atoms with Crippen LogP contribution in [0.25, 0.3) is 0 Å². The monoisotopic (exact) mass is 504 g/mol. The Balaban J connectivity index is 2.68. The lowest BCUT2D eigenvalue weighted by molar-refractivity contribution is -0.384. The molecule has 33 heavy (non-hydrogen) atoms. The maximum absolute atomic E-state index is 12.5. The van der Waals surface area contributed by atoms with Crippen molar-refractivity contribution in [3.63, 3.8) is 0 Å². The summed E-state index contributed by atoms with van der Waals surface area (Å²) < 4.78 is 5.57. The Morgan fingerprint density at radius 3 is 2.06 bits per heavy atom. The van der Waals surface area contributed by atoms with Gasteiger partial charge in [-0.25, -0.2) is 0 Å². The number of carbonyl (C=O) groups excluding carboxylic acids is 2. The minimum Gasteiger partial charge on any atom is -0.455 e. The van der Waals surface area contributed by atoms with Crippen LogP contribution in [0.2, 0.25) is 0 Å². The molecule has 0 spiro atoms. The van der Waals surface area contributed by atoms with Crippen LogP contribution in [0.4, 0.5) is 5.69 Å². The van der Waals surface area contributed by atoms with Crippen LogP contribution in [-0.2, 0) is 14.3 Å². The van der Waals surface area contributed by atoms with E-state index in [-0.39, 0.29) is 12.1 Å². The minimum atomic E-state index is -1.37. The number of non-ortho nitro benzene ring substituents is 1. The molecule has 0 aromatic heterocycles.